The molecule has 0 fully saturated rings. The highest BCUT2D eigenvalue weighted by Gasteiger charge is 2.49. The van der Waals surface area contributed by atoms with Gasteiger partial charge in [0.25, 0.3) is 0 Å². The van der Waals surface area contributed by atoms with Crippen molar-refractivity contribution in [2.24, 2.45) is 5.41 Å². The molecular formula is C16H21F3O5S. The van der Waals surface area contributed by atoms with Crippen LogP contribution in [0.2, 0.25) is 0 Å². The Morgan fingerprint density at radius 2 is 1.60 bits per heavy atom. The standard InChI is InChI=1S/C16H21F3O5S/c1-9-7-12(14(20)24-25(21,22)16(17,18)19)10(2)11(3)13(9)23-8-15(4,5)6/h7H,8H2,1-6H3. The third-order valence-electron chi connectivity index (χ3n) is 3.36. The molecule has 0 aromatic heterocycles. The molecule has 142 valence electrons. The quantitative estimate of drug-likeness (QED) is 0.581. The maximum atomic E-state index is 12.4. The first kappa shape index (κ1) is 21.3. The molecule has 5 nitrogen and oxygen atoms in total. The van der Waals surface area contributed by atoms with Gasteiger partial charge in [0, 0.05) is 0 Å². The summed E-state index contributed by atoms with van der Waals surface area (Å²) in [7, 11) is -6.01. The Kier molecular flexibility index (Phi) is 5.83. The SMILES string of the molecule is Cc1cc(C(=O)OS(=O)(=O)C(F)(F)F)c(C)c(C)c1OCC(C)(C)C. The Balaban J connectivity index is 3.22. The van der Waals surface area contributed by atoms with E-state index in [2.05, 4.69) is 4.18 Å². The number of benzene rings is 1. The van der Waals surface area contributed by atoms with Gasteiger partial charge in [-0.3, -0.25) is 0 Å². The second-order valence-electron chi connectivity index (χ2n) is 6.94. The predicted octanol–water partition coefficient (Wildman–Crippen LogP) is 4.04. The summed E-state index contributed by atoms with van der Waals surface area (Å²) in [5, 5.41) is 0. The molecule has 0 heterocycles. The fourth-order valence-corrected chi connectivity index (χ4v) is 2.36. The molecule has 0 bridgehead atoms. The molecule has 0 aliphatic rings. The minimum Gasteiger partial charge on any atom is -0.492 e. The minimum absolute atomic E-state index is 0.120. The van der Waals surface area contributed by atoms with Crippen molar-refractivity contribution < 1.29 is 35.3 Å². The lowest BCUT2D eigenvalue weighted by atomic mass is 9.97. The molecule has 0 spiro atoms. The van der Waals surface area contributed by atoms with Crippen LogP contribution in [0.3, 0.4) is 0 Å². The van der Waals surface area contributed by atoms with Crippen LogP contribution in [-0.2, 0) is 14.3 Å². The number of carbonyl (C=O) groups excluding carboxylic acids is 1. The molecule has 0 atom stereocenters. The van der Waals surface area contributed by atoms with E-state index in [1.54, 1.807) is 13.8 Å². The number of rotatable bonds is 4. The first-order valence-electron chi connectivity index (χ1n) is 7.35. The normalized spacial score (nSPS) is 12.8. The molecule has 25 heavy (non-hydrogen) atoms. The zero-order valence-corrected chi connectivity index (χ0v) is 15.7. The molecule has 0 saturated heterocycles. The fraction of sp³-hybridized carbons (Fsp3) is 0.562. The molecule has 9 heteroatoms. The van der Waals surface area contributed by atoms with Gasteiger partial charge >= 0.3 is 21.6 Å². The average Bonchev–Trinajstić information content (AvgIpc) is 2.39. The lowest BCUT2D eigenvalue weighted by Crippen LogP contribution is -2.28. The van der Waals surface area contributed by atoms with Gasteiger partial charge in [0.05, 0.1) is 12.2 Å². The largest absolute Gasteiger partial charge is 0.534 e. The number of carbonyl (C=O) groups is 1. The molecule has 1 aromatic rings. The lowest BCUT2D eigenvalue weighted by Gasteiger charge is -2.22. The van der Waals surface area contributed by atoms with Crippen LogP contribution < -0.4 is 4.74 Å². The molecule has 0 unspecified atom stereocenters. The monoisotopic (exact) mass is 382 g/mol. The Labute approximate surface area is 145 Å². The van der Waals surface area contributed by atoms with Crippen LogP contribution in [0.5, 0.6) is 5.75 Å². The van der Waals surface area contributed by atoms with E-state index in [9.17, 15) is 26.4 Å². The summed E-state index contributed by atoms with van der Waals surface area (Å²) in [5.41, 5.74) is -4.74. The van der Waals surface area contributed by atoms with Crippen molar-refractivity contribution in [3.8, 4) is 5.75 Å². The second-order valence-corrected chi connectivity index (χ2v) is 8.48. The van der Waals surface area contributed by atoms with E-state index in [-0.39, 0.29) is 16.5 Å². The number of aryl methyl sites for hydroxylation is 1. The predicted molar refractivity (Wildman–Crippen MR) is 86.0 cm³/mol. The van der Waals surface area contributed by atoms with E-state index < -0.39 is 21.6 Å². The van der Waals surface area contributed by atoms with Gasteiger partial charge in [0.1, 0.15) is 5.75 Å². The molecule has 0 N–H and O–H groups in total. The van der Waals surface area contributed by atoms with Gasteiger partial charge in [-0.2, -0.15) is 21.6 Å². The van der Waals surface area contributed by atoms with Crippen LogP contribution in [-0.4, -0.2) is 26.5 Å². The first-order valence-corrected chi connectivity index (χ1v) is 8.76. The average molecular weight is 382 g/mol. The smallest absolute Gasteiger partial charge is 0.492 e. The van der Waals surface area contributed by atoms with Gasteiger partial charge in [-0.15, -0.1) is 0 Å². The summed E-state index contributed by atoms with van der Waals surface area (Å²) in [4.78, 5) is 11.9. The van der Waals surface area contributed by atoms with Crippen LogP contribution in [0.15, 0.2) is 6.07 Å². The Hall–Kier alpha value is -1.77. The Bertz CT molecular complexity index is 774. The van der Waals surface area contributed by atoms with Crippen LogP contribution in [0.25, 0.3) is 0 Å². The van der Waals surface area contributed by atoms with E-state index in [0.717, 1.165) is 0 Å². The highest BCUT2D eigenvalue weighted by Crippen LogP contribution is 2.32. The topological polar surface area (TPSA) is 69.7 Å². The van der Waals surface area contributed by atoms with Crippen molar-refractivity contribution in [3.05, 3.63) is 28.3 Å². The molecule has 0 saturated carbocycles. The van der Waals surface area contributed by atoms with E-state index in [1.165, 1.54) is 13.0 Å². The summed E-state index contributed by atoms with van der Waals surface area (Å²) in [5.74, 6) is -1.08. The zero-order valence-electron chi connectivity index (χ0n) is 14.9. The van der Waals surface area contributed by atoms with Gasteiger partial charge in [0.15, 0.2) is 0 Å². The molecule has 0 aliphatic heterocycles. The number of hydrogen-bond donors (Lipinski definition) is 0. The maximum absolute atomic E-state index is 12.4. The summed E-state index contributed by atoms with van der Waals surface area (Å²) < 4.78 is 68.5. The Morgan fingerprint density at radius 1 is 1.08 bits per heavy atom. The molecule has 0 radical (unpaired) electrons. The van der Waals surface area contributed by atoms with Crippen LogP contribution >= 0.6 is 0 Å². The maximum Gasteiger partial charge on any atom is 0.534 e. The highest BCUT2D eigenvalue weighted by molar-refractivity contribution is 7.88. The van der Waals surface area contributed by atoms with Crippen molar-refractivity contribution in [2.75, 3.05) is 6.61 Å². The third kappa shape index (κ3) is 5.10. The van der Waals surface area contributed by atoms with E-state index >= 15 is 0 Å². The number of ether oxygens (including phenoxy) is 1. The van der Waals surface area contributed by atoms with Crippen LogP contribution in [0.1, 0.15) is 47.8 Å². The third-order valence-corrected chi connectivity index (χ3v) is 4.30. The van der Waals surface area contributed by atoms with E-state index in [0.29, 0.717) is 23.5 Å². The Morgan fingerprint density at radius 3 is 2.04 bits per heavy atom. The van der Waals surface area contributed by atoms with E-state index in [1.807, 2.05) is 20.8 Å². The van der Waals surface area contributed by atoms with Crippen molar-refractivity contribution >= 4 is 16.1 Å². The molecule has 1 rings (SSSR count). The molecule has 0 amide bonds. The molecule has 1 aromatic carbocycles. The number of alkyl halides is 3. The first-order chi connectivity index (χ1) is 11.1. The molecular weight excluding hydrogens is 361 g/mol. The van der Waals surface area contributed by atoms with Gasteiger partial charge in [-0.25, -0.2) is 4.79 Å². The zero-order chi connectivity index (χ0) is 19.8. The number of halogens is 3. The summed E-state index contributed by atoms with van der Waals surface area (Å²) >= 11 is 0. The van der Waals surface area contributed by atoms with Crippen molar-refractivity contribution in [3.63, 3.8) is 0 Å². The summed E-state index contributed by atoms with van der Waals surface area (Å²) in [6, 6.07) is 1.26. The van der Waals surface area contributed by atoms with Gasteiger partial charge in [0.2, 0.25) is 0 Å². The summed E-state index contributed by atoms with van der Waals surface area (Å²) in [6.45, 7) is 11.0. The van der Waals surface area contributed by atoms with Gasteiger partial charge < -0.3 is 8.92 Å². The summed E-state index contributed by atoms with van der Waals surface area (Å²) in [6.07, 6.45) is 0. The van der Waals surface area contributed by atoms with Crippen molar-refractivity contribution in [2.45, 2.75) is 47.1 Å². The molecule has 0 aliphatic carbocycles. The van der Waals surface area contributed by atoms with Crippen molar-refractivity contribution in [1.82, 2.24) is 0 Å². The highest BCUT2D eigenvalue weighted by atomic mass is 32.2. The minimum atomic E-state index is -6.01. The lowest BCUT2D eigenvalue weighted by molar-refractivity contribution is -0.0525. The van der Waals surface area contributed by atoms with E-state index in [4.69, 9.17) is 4.74 Å². The number of hydrogen-bond acceptors (Lipinski definition) is 5. The van der Waals surface area contributed by atoms with Crippen molar-refractivity contribution in [1.29, 1.82) is 0 Å². The second kappa shape index (κ2) is 6.86. The fourth-order valence-electron chi connectivity index (χ4n) is 1.97. The van der Waals surface area contributed by atoms with Crippen LogP contribution in [0, 0.1) is 26.2 Å². The van der Waals surface area contributed by atoms with Gasteiger partial charge in [-0.1, -0.05) is 20.8 Å². The van der Waals surface area contributed by atoms with Crippen LogP contribution in [0.4, 0.5) is 13.2 Å². The van der Waals surface area contributed by atoms with Gasteiger partial charge in [-0.05, 0) is 48.9 Å².